The van der Waals surface area contributed by atoms with Crippen LogP contribution in [0.15, 0.2) is 0 Å². The van der Waals surface area contributed by atoms with Gasteiger partial charge in [-0.2, -0.15) is 0 Å². The van der Waals surface area contributed by atoms with Gasteiger partial charge in [0, 0.05) is 13.0 Å². The maximum absolute atomic E-state index is 9.28. The fraction of sp³-hybridized carbons (Fsp3) is 0.750. The maximum atomic E-state index is 9.28. The molecule has 1 N–H and O–H groups in total. The van der Waals surface area contributed by atoms with Crippen molar-refractivity contribution in [2.75, 3.05) is 6.61 Å². The van der Waals surface area contributed by atoms with Crippen LogP contribution in [0.4, 0.5) is 0 Å². The van der Waals surface area contributed by atoms with E-state index in [1.165, 1.54) is 0 Å². The molecule has 2 unspecified atom stereocenters. The Morgan fingerprint density at radius 3 is 3.10 bits per heavy atom. The number of terminal acetylenes is 1. The van der Waals surface area contributed by atoms with Gasteiger partial charge in [-0.05, 0) is 12.8 Å². The molecule has 0 aromatic carbocycles. The van der Waals surface area contributed by atoms with Gasteiger partial charge in [-0.25, -0.2) is 0 Å². The Morgan fingerprint density at radius 2 is 2.60 bits per heavy atom. The normalized spacial score (nSPS) is 27.8. The minimum absolute atomic E-state index is 0.00366. The Hall–Kier alpha value is -0.520. The van der Waals surface area contributed by atoms with E-state index in [-0.39, 0.29) is 6.10 Å². The van der Waals surface area contributed by atoms with Gasteiger partial charge in [0.1, 0.15) is 0 Å². The van der Waals surface area contributed by atoms with E-state index in [0.29, 0.717) is 6.42 Å². The summed E-state index contributed by atoms with van der Waals surface area (Å²) in [6.45, 7) is 0.770. The highest BCUT2D eigenvalue weighted by molar-refractivity contribution is 4.90. The van der Waals surface area contributed by atoms with Gasteiger partial charge in [-0.3, -0.25) is 0 Å². The Labute approximate surface area is 61.2 Å². The summed E-state index contributed by atoms with van der Waals surface area (Å²) in [5.74, 6) is 2.41. The second kappa shape index (κ2) is 3.60. The van der Waals surface area contributed by atoms with Gasteiger partial charge in [0.25, 0.3) is 0 Å². The first-order valence-electron chi connectivity index (χ1n) is 3.57. The van der Waals surface area contributed by atoms with E-state index in [2.05, 4.69) is 5.92 Å². The number of aliphatic hydroxyl groups excluding tert-OH is 1. The molecule has 0 saturated carbocycles. The summed E-state index contributed by atoms with van der Waals surface area (Å²) in [5.41, 5.74) is 0. The van der Waals surface area contributed by atoms with E-state index < -0.39 is 6.10 Å². The van der Waals surface area contributed by atoms with Gasteiger partial charge in [-0.1, -0.05) is 0 Å². The van der Waals surface area contributed by atoms with Crippen LogP contribution >= 0.6 is 0 Å². The molecule has 0 amide bonds. The van der Waals surface area contributed by atoms with Crippen molar-refractivity contribution >= 4 is 0 Å². The third-order valence-corrected chi connectivity index (χ3v) is 1.72. The summed E-state index contributed by atoms with van der Waals surface area (Å²) in [4.78, 5) is 0. The first-order chi connectivity index (χ1) is 4.84. The average Bonchev–Trinajstić information content (AvgIpc) is 2.38. The van der Waals surface area contributed by atoms with Crippen molar-refractivity contribution in [1.82, 2.24) is 0 Å². The largest absolute Gasteiger partial charge is 0.389 e. The number of ether oxygens (including phenoxy) is 1. The van der Waals surface area contributed by atoms with Gasteiger partial charge in [0.05, 0.1) is 12.2 Å². The fourth-order valence-corrected chi connectivity index (χ4v) is 1.16. The third kappa shape index (κ3) is 1.73. The Balaban J connectivity index is 2.26. The average molecular weight is 140 g/mol. The van der Waals surface area contributed by atoms with Crippen LogP contribution in [0.25, 0.3) is 0 Å². The van der Waals surface area contributed by atoms with Crippen molar-refractivity contribution in [2.45, 2.75) is 31.5 Å². The van der Waals surface area contributed by atoms with Gasteiger partial charge in [0.2, 0.25) is 0 Å². The first-order valence-corrected chi connectivity index (χ1v) is 3.57. The fourth-order valence-electron chi connectivity index (χ4n) is 1.16. The van der Waals surface area contributed by atoms with Crippen molar-refractivity contribution in [3.63, 3.8) is 0 Å². The first kappa shape index (κ1) is 7.59. The molecule has 0 spiro atoms. The summed E-state index contributed by atoms with van der Waals surface area (Å²) >= 11 is 0. The summed E-state index contributed by atoms with van der Waals surface area (Å²) < 4.78 is 5.22. The van der Waals surface area contributed by atoms with Crippen LogP contribution in [0.3, 0.4) is 0 Å². The topological polar surface area (TPSA) is 29.5 Å². The Kier molecular flexibility index (Phi) is 2.73. The van der Waals surface area contributed by atoms with E-state index in [1.54, 1.807) is 0 Å². The second-order valence-corrected chi connectivity index (χ2v) is 2.53. The molecule has 1 rings (SSSR count). The molecule has 0 aromatic rings. The molecule has 1 saturated heterocycles. The van der Waals surface area contributed by atoms with Crippen LogP contribution in [0.5, 0.6) is 0 Å². The van der Waals surface area contributed by atoms with Gasteiger partial charge >= 0.3 is 0 Å². The van der Waals surface area contributed by atoms with Crippen LogP contribution in [-0.4, -0.2) is 23.9 Å². The highest BCUT2D eigenvalue weighted by Crippen LogP contribution is 2.16. The monoisotopic (exact) mass is 140 g/mol. The standard InChI is InChI=1S/C8H12O2/c1-2-4-7(9)8-5-3-6-10-8/h1,7-9H,3-6H2. The zero-order valence-corrected chi connectivity index (χ0v) is 5.92. The van der Waals surface area contributed by atoms with E-state index in [4.69, 9.17) is 11.2 Å². The molecule has 1 aliphatic rings. The predicted octanol–water partition coefficient (Wildman–Crippen LogP) is 0.550. The predicted molar refractivity (Wildman–Crippen MR) is 38.4 cm³/mol. The smallest absolute Gasteiger partial charge is 0.0910 e. The van der Waals surface area contributed by atoms with Gasteiger partial charge in [0.15, 0.2) is 0 Å². The van der Waals surface area contributed by atoms with E-state index in [1.807, 2.05) is 0 Å². The lowest BCUT2D eigenvalue weighted by atomic mass is 10.1. The van der Waals surface area contributed by atoms with Gasteiger partial charge < -0.3 is 9.84 Å². The molecule has 2 nitrogen and oxygen atoms in total. The molecule has 1 aliphatic heterocycles. The Bertz CT molecular complexity index is 131. The number of rotatable bonds is 2. The van der Waals surface area contributed by atoms with Gasteiger partial charge in [-0.15, -0.1) is 12.3 Å². The molecule has 2 atom stereocenters. The van der Waals surface area contributed by atoms with E-state index in [9.17, 15) is 5.11 Å². The lowest BCUT2D eigenvalue weighted by Gasteiger charge is -2.13. The molecular formula is C8H12O2. The van der Waals surface area contributed by atoms with Crippen molar-refractivity contribution in [1.29, 1.82) is 0 Å². The second-order valence-electron chi connectivity index (χ2n) is 2.53. The van der Waals surface area contributed by atoms with Crippen molar-refractivity contribution in [2.24, 2.45) is 0 Å². The zero-order chi connectivity index (χ0) is 7.40. The lowest BCUT2D eigenvalue weighted by Crippen LogP contribution is -2.24. The van der Waals surface area contributed by atoms with Crippen molar-refractivity contribution < 1.29 is 9.84 Å². The molecule has 1 fully saturated rings. The van der Waals surface area contributed by atoms with E-state index in [0.717, 1.165) is 19.4 Å². The minimum atomic E-state index is -0.451. The highest BCUT2D eigenvalue weighted by Gasteiger charge is 2.22. The maximum Gasteiger partial charge on any atom is 0.0910 e. The van der Waals surface area contributed by atoms with Crippen LogP contribution in [0.2, 0.25) is 0 Å². The number of aliphatic hydroxyl groups is 1. The number of hydrogen-bond donors (Lipinski definition) is 1. The summed E-state index contributed by atoms with van der Waals surface area (Å²) in [6.07, 6.45) is 6.98. The quantitative estimate of drug-likeness (QED) is 0.567. The van der Waals surface area contributed by atoms with Crippen molar-refractivity contribution in [3.05, 3.63) is 0 Å². The molecule has 56 valence electrons. The molecule has 0 aliphatic carbocycles. The summed E-state index contributed by atoms with van der Waals surface area (Å²) in [7, 11) is 0. The van der Waals surface area contributed by atoms with E-state index >= 15 is 0 Å². The summed E-state index contributed by atoms with van der Waals surface area (Å²) in [6, 6.07) is 0. The molecule has 10 heavy (non-hydrogen) atoms. The van der Waals surface area contributed by atoms with Crippen LogP contribution in [0.1, 0.15) is 19.3 Å². The molecule has 0 bridgehead atoms. The summed E-state index contributed by atoms with van der Waals surface area (Å²) in [5, 5.41) is 9.28. The van der Waals surface area contributed by atoms with Crippen LogP contribution in [-0.2, 0) is 4.74 Å². The molecule has 0 aromatic heterocycles. The molecular weight excluding hydrogens is 128 g/mol. The SMILES string of the molecule is C#CCC(O)C1CCCO1. The third-order valence-electron chi connectivity index (χ3n) is 1.72. The molecule has 1 heterocycles. The Morgan fingerprint density at radius 1 is 1.80 bits per heavy atom. The zero-order valence-electron chi connectivity index (χ0n) is 5.92. The number of hydrogen-bond acceptors (Lipinski definition) is 2. The van der Waals surface area contributed by atoms with Crippen molar-refractivity contribution in [3.8, 4) is 12.3 Å². The molecule has 2 heteroatoms. The lowest BCUT2D eigenvalue weighted by molar-refractivity contribution is 0.00161. The minimum Gasteiger partial charge on any atom is -0.389 e. The van der Waals surface area contributed by atoms with Crippen LogP contribution < -0.4 is 0 Å². The highest BCUT2D eigenvalue weighted by atomic mass is 16.5. The van der Waals surface area contributed by atoms with Crippen LogP contribution in [0, 0.1) is 12.3 Å². The molecule has 0 radical (unpaired) electrons.